The van der Waals surface area contributed by atoms with E-state index in [4.69, 9.17) is 16.3 Å². The number of nitrogens with one attached hydrogen (secondary N) is 1. The smallest absolute Gasteiger partial charge is 0.350 e. The van der Waals surface area contributed by atoms with Gasteiger partial charge in [-0.15, -0.1) is 0 Å². The number of rotatable bonds is 5. The van der Waals surface area contributed by atoms with Gasteiger partial charge in [-0.2, -0.15) is 0 Å². The second kappa shape index (κ2) is 8.12. The van der Waals surface area contributed by atoms with E-state index in [0.717, 1.165) is 39.9 Å². The van der Waals surface area contributed by atoms with Crippen molar-refractivity contribution < 1.29 is 9.42 Å². The molecule has 0 radical (unpaired) electrons. The molecule has 3 aromatic heterocycles. The van der Waals surface area contributed by atoms with E-state index < -0.39 is 0 Å². The summed E-state index contributed by atoms with van der Waals surface area (Å²) in [7, 11) is 3.65. The zero-order chi connectivity index (χ0) is 21.3. The fourth-order valence-corrected chi connectivity index (χ4v) is 3.50. The normalized spacial score (nSPS) is 10.8. The summed E-state index contributed by atoms with van der Waals surface area (Å²) in [5.74, 6) is 1.99. The van der Waals surface area contributed by atoms with Crippen molar-refractivity contribution >= 4 is 23.2 Å². The molecule has 30 heavy (non-hydrogen) atoms. The molecule has 8 heteroatoms. The number of aromatic nitrogens is 5. The summed E-state index contributed by atoms with van der Waals surface area (Å²) < 4.78 is 9.59. The molecule has 0 atom stereocenters. The molecule has 0 aliphatic rings. The molecular weight excluding hydrogens is 400 g/mol. The number of halogens is 1. The van der Waals surface area contributed by atoms with Gasteiger partial charge in [-0.05, 0) is 49.2 Å². The van der Waals surface area contributed by atoms with Crippen molar-refractivity contribution in [2.24, 2.45) is 7.05 Å². The predicted molar refractivity (Wildman–Crippen MR) is 117 cm³/mol. The largest absolute Gasteiger partial charge is 0.464 e. The minimum Gasteiger partial charge on any atom is -0.464 e. The zero-order valence-electron chi connectivity index (χ0n) is 17.2. The summed E-state index contributed by atoms with van der Waals surface area (Å²) in [6, 6.07) is 13.2. The molecule has 0 spiro atoms. The fourth-order valence-electron chi connectivity index (χ4n) is 3.31. The minimum absolute atomic E-state index is 0.490. The van der Waals surface area contributed by atoms with Gasteiger partial charge in [0, 0.05) is 35.6 Å². The standard InChI is InChI=1S/C22H22ClN6O/c1-14-15(2)28(3)29(21(14)30-4)20-12-16(8-10-24-20)19-9-11-25-22(27-19)26-18-7-5-6-17(23)13-18/h5-13H,1-4H3,(H,25,26,27)/q+1. The Kier molecular flexibility index (Phi) is 5.37. The van der Waals surface area contributed by atoms with E-state index in [1.165, 1.54) is 0 Å². The number of hydrogen-bond donors (Lipinski definition) is 1. The van der Waals surface area contributed by atoms with E-state index in [9.17, 15) is 0 Å². The Morgan fingerprint density at radius 2 is 1.87 bits per heavy atom. The Labute approximate surface area is 180 Å². The maximum absolute atomic E-state index is 6.06. The molecule has 4 aromatic rings. The number of pyridine rings is 1. The first kappa shape index (κ1) is 19.8. The van der Waals surface area contributed by atoms with Crippen molar-refractivity contribution in [2.45, 2.75) is 13.8 Å². The van der Waals surface area contributed by atoms with E-state index in [1.807, 2.05) is 65.8 Å². The quantitative estimate of drug-likeness (QED) is 0.489. The van der Waals surface area contributed by atoms with E-state index >= 15 is 0 Å². The Morgan fingerprint density at radius 3 is 2.63 bits per heavy atom. The molecule has 0 saturated heterocycles. The molecule has 152 valence electrons. The van der Waals surface area contributed by atoms with Crippen LogP contribution in [0.25, 0.3) is 17.1 Å². The topological polar surface area (TPSA) is 68.7 Å². The highest BCUT2D eigenvalue weighted by atomic mass is 35.5. The van der Waals surface area contributed by atoms with Crippen LogP contribution >= 0.6 is 11.6 Å². The predicted octanol–water partition coefficient (Wildman–Crippen LogP) is 4.18. The number of methoxy groups -OCH3 is 1. The van der Waals surface area contributed by atoms with Crippen molar-refractivity contribution in [3.63, 3.8) is 0 Å². The van der Waals surface area contributed by atoms with Crippen molar-refractivity contribution in [3.8, 4) is 23.0 Å². The van der Waals surface area contributed by atoms with Crippen LogP contribution in [0.5, 0.6) is 5.88 Å². The highest BCUT2D eigenvalue weighted by Crippen LogP contribution is 2.23. The minimum atomic E-state index is 0.490. The highest BCUT2D eigenvalue weighted by molar-refractivity contribution is 6.30. The first-order valence-electron chi connectivity index (χ1n) is 9.42. The van der Waals surface area contributed by atoms with Crippen LogP contribution in [0, 0.1) is 13.8 Å². The van der Waals surface area contributed by atoms with Gasteiger partial charge in [0.05, 0.1) is 24.1 Å². The molecule has 0 fully saturated rings. The van der Waals surface area contributed by atoms with Gasteiger partial charge in [0.1, 0.15) is 6.20 Å². The Morgan fingerprint density at radius 1 is 1.07 bits per heavy atom. The van der Waals surface area contributed by atoms with Gasteiger partial charge in [-0.25, -0.2) is 14.6 Å². The molecule has 3 heterocycles. The summed E-state index contributed by atoms with van der Waals surface area (Å²) in [4.78, 5) is 13.5. The molecule has 0 aliphatic heterocycles. The first-order chi connectivity index (χ1) is 14.5. The maximum atomic E-state index is 6.06. The molecule has 1 aromatic carbocycles. The van der Waals surface area contributed by atoms with Crippen molar-refractivity contribution in [2.75, 3.05) is 12.4 Å². The monoisotopic (exact) mass is 421 g/mol. The van der Waals surface area contributed by atoms with E-state index in [-0.39, 0.29) is 0 Å². The van der Waals surface area contributed by atoms with Crippen LogP contribution < -0.4 is 14.7 Å². The van der Waals surface area contributed by atoms with Crippen LogP contribution in [0.2, 0.25) is 5.02 Å². The van der Waals surface area contributed by atoms with Gasteiger partial charge >= 0.3 is 11.7 Å². The molecule has 0 aliphatic carbocycles. The molecular formula is C22H22ClN6O+. The third kappa shape index (κ3) is 3.71. The van der Waals surface area contributed by atoms with Crippen LogP contribution in [-0.2, 0) is 7.05 Å². The summed E-state index contributed by atoms with van der Waals surface area (Å²) in [5.41, 5.74) is 4.70. The third-order valence-electron chi connectivity index (χ3n) is 5.03. The van der Waals surface area contributed by atoms with E-state index in [0.29, 0.717) is 11.0 Å². The lowest BCUT2D eigenvalue weighted by Crippen LogP contribution is -2.41. The lowest BCUT2D eigenvalue weighted by Gasteiger charge is -2.07. The van der Waals surface area contributed by atoms with E-state index in [2.05, 4.69) is 27.2 Å². The second-order valence-electron chi connectivity index (χ2n) is 6.86. The van der Waals surface area contributed by atoms with Crippen LogP contribution in [-0.4, -0.2) is 26.7 Å². The third-order valence-corrected chi connectivity index (χ3v) is 5.26. The summed E-state index contributed by atoms with van der Waals surface area (Å²) in [6.45, 7) is 4.09. The average molecular weight is 422 g/mol. The van der Waals surface area contributed by atoms with Crippen molar-refractivity contribution in [1.29, 1.82) is 0 Å². The van der Waals surface area contributed by atoms with Gasteiger partial charge in [-0.1, -0.05) is 22.3 Å². The summed E-state index contributed by atoms with van der Waals surface area (Å²) in [6.07, 6.45) is 3.49. The zero-order valence-corrected chi connectivity index (χ0v) is 18.0. The number of anilines is 2. The maximum Gasteiger partial charge on any atom is 0.350 e. The van der Waals surface area contributed by atoms with Gasteiger partial charge in [0.2, 0.25) is 5.95 Å². The molecule has 0 amide bonds. The van der Waals surface area contributed by atoms with Gasteiger partial charge in [0.15, 0.2) is 0 Å². The second-order valence-corrected chi connectivity index (χ2v) is 7.30. The van der Waals surface area contributed by atoms with Crippen LogP contribution in [0.15, 0.2) is 54.9 Å². The molecule has 0 saturated carbocycles. The summed E-state index contributed by atoms with van der Waals surface area (Å²) >= 11 is 6.06. The number of benzene rings is 1. The van der Waals surface area contributed by atoms with Crippen molar-refractivity contribution in [3.05, 3.63) is 71.1 Å². The molecule has 7 nitrogen and oxygen atoms in total. The molecule has 0 unspecified atom stereocenters. The lowest BCUT2D eigenvalue weighted by molar-refractivity contribution is -0.690. The van der Waals surface area contributed by atoms with Gasteiger partial charge in [0.25, 0.3) is 0 Å². The molecule has 0 bridgehead atoms. The fraction of sp³-hybridized carbons (Fsp3) is 0.182. The molecule has 1 N–H and O–H groups in total. The SMILES string of the molecule is COc1c(C)c(C)n(C)[n+]1-c1cc(-c2ccnc(Nc3cccc(Cl)c3)n2)ccn1. The van der Waals surface area contributed by atoms with Crippen LogP contribution in [0.1, 0.15) is 11.3 Å². The molecule has 4 rings (SSSR count). The summed E-state index contributed by atoms with van der Waals surface area (Å²) in [5, 5.41) is 3.84. The lowest BCUT2D eigenvalue weighted by atomic mass is 10.2. The van der Waals surface area contributed by atoms with Gasteiger partial charge in [-0.3, -0.25) is 0 Å². The number of ether oxygens (including phenoxy) is 1. The van der Waals surface area contributed by atoms with E-state index in [1.54, 1.807) is 19.5 Å². The number of hydrogen-bond acceptors (Lipinski definition) is 5. The van der Waals surface area contributed by atoms with Crippen LogP contribution in [0.3, 0.4) is 0 Å². The van der Waals surface area contributed by atoms with Crippen LogP contribution in [0.4, 0.5) is 11.6 Å². The Bertz CT molecular complexity index is 1220. The first-order valence-corrected chi connectivity index (χ1v) is 9.80. The van der Waals surface area contributed by atoms with Crippen molar-refractivity contribution in [1.82, 2.24) is 19.6 Å². The van der Waals surface area contributed by atoms with Gasteiger partial charge < -0.3 is 10.1 Å². The average Bonchev–Trinajstić information content (AvgIpc) is 2.97. The Hall–Kier alpha value is -3.45. The highest BCUT2D eigenvalue weighted by Gasteiger charge is 2.25. The number of nitrogens with zero attached hydrogens (tertiary/aromatic N) is 5. The Balaban J connectivity index is 1.71.